The summed E-state index contributed by atoms with van der Waals surface area (Å²) in [6.07, 6.45) is 0.110. The number of pyridine rings is 1. The Labute approximate surface area is 338 Å². The van der Waals surface area contributed by atoms with Crippen molar-refractivity contribution in [1.82, 2.24) is 4.98 Å². The molecular weight excluding hydrogens is 791 g/mol. The van der Waals surface area contributed by atoms with Crippen LogP contribution in [0.5, 0.6) is 0 Å². The number of nitriles is 1. The molecular formula is C42H31N9O6S2. The third-order valence-electron chi connectivity index (χ3n) is 8.91. The fourth-order valence-electron chi connectivity index (χ4n) is 5.91. The van der Waals surface area contributed by atoms with E-state index < -0.39 is 20.2 Å². The summed E-state index contributed by atoms with van der Waals surface area (Å²) < 4.78 is 65.2. The first-order valence-corrected chi connectivity index (χ1v) is 20.5. The third-order valence-corrected chi connectivity index (χ3v) is 10.6. The maximum atomic E-state index is 11.6. The highest BCUT2D eigenvalue weighted by Crippen LogP contribution is 2.37. The van der Waals surface area contributed by atoms with Gasteiger partial charge in [0.15, 0.2) is 5.82 Å². The Hall–Kier alpha value is -7.36. The molecule has 59 heavy (non-hydrogen) atoms. The van der Waals surface area contributed by atoms with Crippen molar-refractivity contribution in [3.8, 4) is 6.07 Å². The van der Waals surface area contributed by atoms with Crippen LogP contribution in [0.1, 0.15) is 22.4 Å². The molecule has 3 N–H and O–H groups in total. The van der Waals surface area contributed by atoms with E-state index in [9.17, 15) is 31.2 Å². The second-order valence-electron chi connectivity index (χ2n) is 12.9. The first-order chi connectivity index (χ1) is 28.4. The van der Waals surface area contributed by atoms with Gasteiger partial charge in [-0.05, 0) is 97.4 Å². The lowest BCUT2D eigenvalue weighted by molar-refractivity contribution is 0.481. The molecule has 15 nitrogen and oxygen atoms in total. The highest BCUT2D eigenvalue weighted by Gasteiger charge is 2.19. The Morgan fingerprint density at radius 1 is 0.593 bits per heavy atom. The van der Waals surface area contributed by atoms with Crippen molar-refractivity contribution in [3.05, 3.63) is 162 Å². The van der Waals surface area contributed by atoms with E-state index in [0.29, 0.717) is 45.3 Å². The highest BCUT2D eigenvalue weighted by molar-refractivity contribution is 7.86. The van der Waals surface area contributed by atoms with Crippen LogP contribution in [0, 0.1) is 18.3 Å². The first kappa shape index (κ1) is 39.9. The van der Waals surface area contributed by atoms with Gasteiger partial charge in [0.05, 0.1) is 49.5 Å². The van der Waals surface area contributed by atoms with Crippen LogP contribution in [0.3, 0.4) is 0 Å². The minimum atomic E-state index is -4.44. The number of fused-ring (bicyclic) bond motifs is 1. The normalized spacial score (nSPS) is 12.1. The lowest BCUT2D eigenvalue weighted by atomic mass is 10.0. The number of anilines is 2. The van der Waals surface area contributed by atoms with Crippen LogP contribution in [-0.2, 0) is 26.7 Å². The van der Waals surface area contributed by atoms with E-state index in [2.05, 4.69) is 42.1 Å². The monoisotopic (exact) mass is 821 g/mol. The number of aromatic nitrogens is 1. The summed E-state index contributed by atoms with van der Waals surface area (Å²) in [5.74, 6) is 0.180. The minimum Gasteiger partial charge on any atom is -0.338 e. The van der Waals surface area contributed by atoms with E-state index in [1.807, 2.05) is 66.7 Å². The van der Waals surface area contributed by atoms with Crippen LogP contribution >= 0.6 is 0 Å². The van der Waals surface area contributed by atoms with Gasteiger partial charge in [-0.3, -0.25) is 9.11 Å². The number of rotatable bonds is 12. The fraction of sp³-hybridized carbons (Fsp3) is 0.0476. The lowest BCUT2D eigenvalue weighted by Gasteiger charge is -2.15. The topological polar surface area (TPSA) is 232 Å². The fourth-order valence-corrected chi connectivity index (χ4v) is 6.87. The number of hydrogen-bond acceptors (Lipinski definition) is 13. The average molecular weight is 822 g/mol. The van der Waals surface area contributed by atoms with E-state index in [-0.39, 0.29) is 33.3 Å². The summed E-state index contributed by atoms with van der Waals surface area (Å²) in [7, 11) is -8.84. The summed E-state index contributed by atoms with van der Waals surface area (Å²) in [6.45, 7) is 1.68. The average Bonchev–Trinajstić information content (AvgIpc) is 3.23. The van der Waals surface area contributed by atoms with E-state index in [1.54, 1.807) is 31.2 Å². The van der Waals surface area contributed by atoms with Crippen molar-refractivity contribution >= 4 is 76.6 Å². The Balaban J connectivity index is 1.16. The minimum absolute atomic E-state index is 0.110. The molecule has 0 saturated carbocycles. The summed E-state index contributed by atoms with van der Waals surface area (Å²) in [4.78, 5) is 4.12. The molecule has 292 valence electrons. The van der Waals surface area contributed by atoms with E-state index >= 15 is 0 Å². The van der Waals surface area contributed by atoms with Gasteiger partial charge in [-0.25, -0.2) is 4.98 Å². The molecule has 0 unspecified atom stereocenters. The molecule has 0 spiro atoms. The predicted octanol–water partition coefficient (Wildman–Crippen LogP) is 11.5. The Morgan fingerprint density at radius 2 is 1.07 bits per heavy atom. The molecule has 0 radical (unpaired) electrons. The van der Waals surface area contributed by atoms with Crippen LogP contribution in [0.25, 0.3) is 10.8 Å². The molecule has 0 fully saturated rings. The summed E-state index contributed by atoms with van der Waals surface area (Å²) in [5.41, 5.74) is 5.26. The van der Waals surface area contributed by atoms with Crippen LogP contribution in [0.4, 0.5) is 45.6 Å². The van der Waals surface area contributed by atoms with Gasteiger partial charge in [0, 0.05) is 28.4 Å². The van der Waals surface area contributed by atoms with Gasteiger partial charge >= 0.3 is 0 Å². The smallest absolute Gasteiger partial charge is 0.294 e. The van der Waals surface area contributed by atoms with E-state index in [0.717, 1.165) is 16.5 Å². The first-order valence-electron chi connectivity index (χ1n) is 17.6. The van der Waals surface area contributed by atoms with Crippen molar-refractivity contribution in [2.75, 3.05) is 5.32 Å². The quantitative estimate of drug-likeness (QED) is 0.0784. The molecule has 0 aliphatic carbocycles. The SMILES string of the molecule is Cc1c(C#N)c(Cc2ccc(S(=O)(=O)O)cc2)nc(Nc2ccc(S(=O)(=O)O)cc2)c1N=Nc1ccc(N=Nc2ccc(N=Nc3ccccc3)c3ccccc23)cc1. The molecule has 1 heterocycles. The van der Waals surface area contributed by atoms with Crippen molar-refractivity contribution < 1.29 is 25.9 Å². The molecule has 7 rings (SSSR count). The molecule has 0 atom stereocenters. The maximum absolute atomic E-state index is 11.6. The van der Waals surface area contributed by atoms with Gasteiger partial charge in [0.25, 0.3) is 20.2 Å². The molecule has 0 aliphatic heterocycles. The number of nitrogens with one attached hydrogen (secondary N) is 1. The van der Waals surface area contributed by atoms with Gasteiger partial charge in [-0.15, -0.1) is 15.3 Å². The Morgan fingerprint density at radius 3 is 1.58 bits per heavy atom. The summed E-state index contributed by atoms with van der Waals surface area (Å²) in [6, 6.07) is 40.6. The van der Waals surface area contributed by atoms with Gasteiger partial charge in [-0.1, -0.05) is 54.6 Å². The van der Waals surface area contributed by atoms with Crippen LogP contribution in [0.2, 0.25) is 0 Å². The largest absolute Gasteiger partial charge is 0.338 e. The van der Waals surface area contributed by atoms with Crippen molar-refractivity contribution in [2.45, 2.75) is 23.1 Å². The van der Waals surface area contributed by atoms with E-state index in [4.69, 9.17) is 4.98 Å². The van der Waals surface area contributed by atoms with Crippen LogP contribution < -0.4 is 5.32 Å². The highest BCUT2D eigenvalue weighted by atomic mass is 32.2. The third kappa shape index (κ3) is 9.61. The second-order valence-corrected chi connectivity index (χ2v) is 15.7. The standard InChI is InChI=1S/C42H31N9O6S2/c1-27-37(26-43)40(25-28-11-19-33(20-12-28)58(52,53)54)45-42(44-29-17-21-34(22-18-29)59(55,56)57)41(27)51-48-32-15-13-31(14-16-32)47-50-39-24-23-38(35-9-5-6-10-36(35)39)49-46-30-7-3-2-4-8-30/h2-24H,25H2,1H3,(H,44,45)(H,52,53,54)(H,55,56,57). The Kier molecular flexibility index (Phi) is 11.5. The number of azo groups is 3. The van der Waals surface area contributed by atoms with Crippen LogP contribution in [0.15, 0.2) is 180 Å². The molecule has 6 aromatic carbocycles. The molecule has 17 heteroatoms. The van der Waals surface area contributed by atoms with Crippen molar-refractivity contribution in [1.29, 1.82) is 5.26 Å². The molecule has 0 saturated heterocycles. The van der Waals surface area contributed by atoms with Gasteiger partial charge in [0.2, 0.25) is 0 Å². The van der Waals surface area contributed by atoms with Crippen LogP contribution in [-0.4, -0.2) is 30.9 Å². The molecule has 0 amide bonds. The van der Waals surface area contributed by atoms with Gasteiger partial charge in [-0.2, -0.15) is 37.4 Å². The zero-order valence-electron chi connectivity index (χ0n) is 30.9. The molecule has 1 aromatic heterocycles. The summed E-state index contributed by atoms with van der Waals surface area (Å²) >= 11 is 0. The molecule has 7 aromatic rings. The zero-order valence-corrected chi connectivity index (χ0v) is 32.5. The Bertz CT molecular complexity index is 3040. The number of hydrogen-bond donors (Lipinski definition) is 3. The molecule has 0 bridgehead atoms. The number of benzene rings is 6. The van der Waals surface area contributed by atoms with Gasteiger partial charge in [0.1, 0.15) is 11.8 Å². The second kappa shape index (κ2) is 17.0. The van der Waals surface area contributed by atoms with Crippen molar-refractivity contribution in [3.63, 3.8) is 0 Å². The number of nitrogens with zero attached hydrogens (tertiary/aromatic N) is 8. The summed E-state index contributed by atoms with van der Waals surface area (Å²) in [5, 5.41) is 41.7. The predicted molar refractivity (Wildman–Crippen MR) is 222 cm³/mol. The molecule has 0 aliphatic rings. The zero-order chi connectivity index (χ0) is 41.6. The van der Waals surface area contributed by atoms with E-state index in [1.165, 1.54) is 48.5 Å². The van der Waals surface area contributed by atoms with Crippen molar-refractivity contribution in [2.24, 2.45) is 30.7 Å². The lowest BCUT2D eigenvalue weighted by Crippen LogP contribution is -2.05. The maximum Gasteiger partial charge on any atom is 0.294 e. The van der Waals surface area contributed by atoms with Gasteiger partial charge < -0.3 is 5.32 Å².